The number of aliphatic imine (C=N–C) groups is 1. The van der Waals surface area contributed by atoms with Gasteiger partial charge < -0.3 is 9.84 Å². The van der Waals surface area contributed by atoms with Gasteiger partial charge in [-0.25, -0.2) is 4.79 Å². The normalized spacial score (nSPS) is 17.0. The molecule has 7 heteroatoms. The Balaban J connectivity index is 2.74. The smallest absolute Gasteiger partial charge is 0.416 e. The molecule has 0 heterocycles. The summed E-state index contributed by atoms with van der Waals surface area (Å²) in [7, 11) is 1.24. The van der Waals surface area contributed by atoms with E-state index in [9.17, 15) is 23.1 Å². The number of isocyanates is 1. The number of halogens is 3. The molecule has 1 saturated carbocycles. The van der Waals surface area contributed by atoms with Crippen LogP contribution in [0.4, 0.5) is 13.2 Å². The van der Waals surface area contributed by atoms with E-state index in [-0.39, 0.29) is 18.6 Å². The molecule has 1 N–H and O–H groups in total. The van der Waals surface area contributed by atoms with Gasteiger partial charge >= 0.3 is 6.18 Å². The zero-order valence-electron chi connectivity index (χ0n) is 10.6. The van der Waals surface area contributed by atoms with Gasteiger partial charge in [-0.3, -0.25) is 0 Å². The van der Waals surface area contributed by atoms with Crippen LogP contribution in [-0.2, 0) is 16.5 Å². The van der Waals surface area contributed by atoms with Crippen LogP contribution in [0.25, 0.3) is 0 Å². The minimum Gasteiger partial charge on any atom is -0.504 e. The molecule has 108 valence electrons. The summed E-state index contributed by atoms with van der Waals surface area (Å²) in [6, 6.07) is 1.87. The van der Waals surface area contributed by atoms with Crippen molar-refractivity contribution in [3.63, 3.8) is 0 Å². The first kappa shape index (κ1) is 14.4. The molecule has 1 aliphatic carbocycles. The number of phenolic OH excluding ortho intramolecular Hbond substituents is 1. The average Bonchev–Trinajstić information content (AvgIpc) is 2.33. The van der Waals surface area contributed by atoms with Crippen LogP contribution in [0.1, 0.15) is 30.4 Å². The summed E-state index contributed by atoms with van der Waals surface area (Å²) in [6.45, 7) is 0. The summed E-state index contributed by atoms with van der Waals surface area (Å²) in [5, 5.41) is 10.0. The molecule has 1 aromatic carbocycles. The van der Waals surface area contributed by atoms with Gasteiger partial charge in [0.1, 0.15) is 5.54 Å². The van der Waals surface area contributed by atoms with Gasteiger partial charge in [0.25, 0.3) is 0 Å². The van der Waals surface area contributed by atoms with Gasteiger partial charge in [0.05, 0.1) is 12.7 Å². The molecular formula is C13H12F3NO3. The van der Waals surface area contributed by atoms with Crippen molar-refractivity contribution in [3.05, 3.63) is 23.3 Å². The highest BCUT2D eigenvalue weighted by Crippen LogP contribution is 2.54. The fourth-order valence-corrected chi connectivity index (χ4v) is 2.46. The topological polar surface area (TPSA) is 58.9 Å². The highest BCUT2D eigenvalue weighted by Gasteiger charge is 2.48. The molecule has 1 aromatic rings. The second-order valence-corrected chi connectivity index (χ2v) is 4.62. The summed E-state index contributed by atoms with van der Waals surface area (Å²) in [4.78, 5) is 14.0. The molecule has 2 rings (SSSR count). The van der Waals surface area contributed by atoms with Crippen LogP contribution >= 0.6 is 0 Å². The van der Waals surface area contributed by atoms with Crippen LogP contribution in [0, 0.1) is 0 Å². The predicted octanol–water partition coefficient (Wildman–Crippen LogP) is 3.13. The summed E-state index contributed by atoms with van der Waals surface area (Å²) in [5.41, 5.74) is -2.76. The van der Waals surface area contributed by atoms with Gasteiger partial charge in [0.15, 0.2) is 11.5 Å². The van der Waals surface area contributed by atoms with Crippen molar-refractivity contribution in [2.75, 3.05) is 7.11 Å². The highest BCUT2D eigenvalue weighted by molar-refractivity contribution is 5.56. The molecule has 0 saturated heterocycles. The number of nitrogens with zero attached hydrogens (tertiary/aromatic N) is 1. The molecule has 0 atom stereocenters. The number of carbonyl (C=O) groups excluding carboxylic acids is 1. The van der Waals surface area contributed by atoms with Crippen molar-refractivity contribution in [2.24, 2.45) is 4.99 Å². The van der Waals surface area contributed by atoms with Gasteiger partial charge in [-0.05, 0) is 31.4 Å². The minimum absolute atomic E-state index is 0.0830. The van der Waals surface area contributed by atoms with Crippen molar-refractivity contribution in [1.82, 2.24) is 0 Å². The first-order valence-electron chi connectivity index (χ1n) is 5.92. The molecule has 0 amide bonds. The number of phenols is 1. The fraction of sp³-hybridized carbons (Fsp3) is 0.462. The van der Waals surface area contributed by atoms with Crippen LogP contribution in [0.3, 0.4) is 0 Å². The van der Waals surface area contributed by atoms with E-state index in [1.54, 1.807) is 0 Å². The third-order valence-electron chi connectivity index (χ3n) is 3.57. The van der Waals surface area contributed by atoms with E-state index >= 15 is 0 Å². The van der Waals surface area contributed by atoms with Crippen molar-refractivity contribution < 1.29 is 27.8 Å². The lowest BCUT2D eigenvalue weighted by Crippen LogP contribution is -2.34. The zero-order valence-corrected chi connectivity index (χ0v) is 10.6. The molecule has 0 radical (unpaired) electrons. The maximum atomic E-state index is 13.1. The van der Waals surface area contributed by atoms with E-state index in [0.29, 0.717) is 6.42 Å². The van der Waals surface area contributed by atoms with Gasteiger partial charge in [-0.1, -0.05) is 0 Å². The monoisotopic (exact) mass is 287 g/mol. The van der Waals surface area contributed by atoms with Crippen molar-refractivity contribution in [1.29, 1.82) is 0 Å². The molecule has 0 aromatic heterocycles. The first-order valence-corrected chi connectivity index (χ1v) is 5.92. The van der Waals surface area contributed by atoms with Crippen LogP contribution in [0.5, 0.6) is 11.5 Å². The molecule has 0 bridgehead atoms. The lowest BCUT2D eigenvalue weighted by molar-refractivity contribution is -0.139. The van der Waals surface area contributed by atoms with E-state index in [2.05, 4.69) is 4.99 Å². The minimum atomic E-state index is -4.65. The van der Waals surface area contributed by atoms with E-state index in [4.69, 9.17) is 4.74 Å². The molecule has 20 heavy (non-hydrogen) atoms. The quantitative estimate of drug-likeness (QED) is 0.686. The Labute approximate surface area is 112 Å². The highest BCUT2D eigenvalue weighted by atomic mass is 19.4. The second-order valence-electron chi connectivity index (χ2n) is 4.62. The van der Waals surface area contributed by atoms with Crippen molar-refractivity contribution >= 4 is 6.08 Å². The van der Waals surface area contributed by atoms with E-state index in [1.807, 2.05) is 0 Å². The number of rotatable bonds is 3. The Hall–Kier alpha value is -2.01. The van der Waals surface area contributed by atoms with Crippen LogP contribution < -0.4 is 4.74 Å². The average molecular weight is 287 g/mol. The standard InChI is InChI=1S/C13H12F3NO3/c1-20-9-4-3-8(13(14,15)16)10(11(9)19)12(17-7-18)5-2-6-12/h3-4,19H,2,5-6H2,1H3. The summed E-state index contributed by atoms with van der Waals surface area (Å²) in [5.74, 6) is -0.707. The molecule has 0 unspecified atom stereocenters. The maximum Gasteiger partial charge on any atom is 0.416 e. The Morgan fingerprint density at radius 1 is 1.40 bits per heavy atom. The molecule has 0 spiro atoms. The largest absolute Gasteiger partial charge is 0.504 e. The van der Waals surface area contributed by atoms with E-state index in [1.165, 1.54) is 13.2 Å². The van der Waals surface area contributed by atoms with Gasteiger partial charge in [-0.15, -0.1) is 0 Å². The molecule has 4 nitrogen and oxygen atoms in total. The maximum absolute atomic E-state index is 13.1. The van der Waals surface area contributed by atoms with Crippen molar-refractivity contribution in [2.45, 2.75) is 31.0 Å². The van der Waals surface area contributed by atoms with Gasteiger partial charge in [0.2, 0.25) is 6.08 Å². The van der Waals surface area contributed by atoms with Gasteiger partial charge in [0, 0.05) is 5.56 Å². The SMILES string of the molecule is COc1ccc(C(F)(F)F)c(C2(N=C=O)CCC2)c1O. The molecule has 1 aliphatic rings. The summed E-state index contributed by atoms with van der Waals surface area (Å²) < 4.78 is 44.1. The van der Waals surface area contributed by atoms with Crippen LogP contribution in [0.15, 0.2) is 17.1 Å². The number of hydrogen-bond acceptors (Lipinski definition) is 4. The lowest BCUT2D eigenvalue weighted by Gasteiger charge is -2.39. The van der Waals surface area contributed by atoms with Crippen LogP contribution in [-0.4, -0.2) is 18.3 Å². The third-order valence-corrected chi connectivity index (χ3v) is 3.57. The predicted molar refractivity (Wildman–Crippen MR) is 63.3 cm³/mol. The molecule has 0 aliphatic heterocycles. The number of alkyl halides is 3. The summed E-state index contributed by atoms with van der Waals surface area (Å²) >= 11 is 0. The van der Waals surface area contributed by atoms with E-state index in [0.717, 1.165) is 12.1 Å². The Morgan fingerprint density at radius 2 is 2.05 bits per heavy atom. The number of ether oxygens (including phenoxy) is 1. The number of methoxy groups -OCH3 is 1. The number of aromatic hydroxyl groups is 1. The summed E-state index contributed by atoms with van der Waals surface area (Å²) in [6.07, 6.45) is -2.21. The van der Waals surface area contributed by atoms with Gasteiger partial charge in [-0.2, -0.15) is 18.2 Å². The fourth-order valence-electron chi connectivity index (χ4n) is 2.46. The number of hydrogen-bond donors (Lipinski definition) is 1. The molecular weight excluding hydrogens is 275 g/mol. The zero-order chi connectivity index (χ0) is 15.0. The second kappa shape index (κ2) is 4.83. The lowest BCUT2D eigenvalue weighted by atomic mass is 9.70. The Bertz CT molecular complexity index is 573. The Kier molecular flexibility index (Phi) is 3.48. The Morgan fingerprint density at radius 3 is 2.45 bits per heavy atom. The van der Waals surface area contributed by atoms with E-state index < -0.39 is 28.6 Å². The van der Waals surface area contributed by atoms with Crippen LogP contribution in [0.2, 0.25) is 0 Å². The van der Waals surface area contributed by atoms with Crippen molar-refractivity contribution in [3.8, 4) is 11.5 Å². The number of benzene rings is 1. The first-order chi connectivity index (χ1) is 9.35. The third kappa shape index (κ3) is 2.14. The molecule has 1 fully saturated rings.